The molecule has 1 saturated carbocycles. The molecule has 96 valence electrons. The van der Waals surface area contributed by atoms with Crippen LogP contribution in [0.15, 0.2) is 12.3 Å². The molecule has 18 heavy (non-hydrogen) atoms. The fourth-order valence-corrected chi connectivity index (χ4v) is 2.21. The summed E-state index contributed by atoms with van der Waals surface area (Å²) in [4.78, 5) is 12.2. The fourth-order valence-electron chi connectivity index (χ4n) is 2.00. The lowest BCUT2D eigenvalue weighted by Gasteiger charge is -2.13. The summed E-state index contributed by atoms with van der Waals surface area (Å²) in [6.45, 7) is 2.04. The van der Waals surface area contributed by atoms with E-state index in [2.05, 4.69) is 11.2 Å². The molecule has 1 aliphatic carbocycles. The fraction of sp³-hybridized carbons (Fsp3) is 0.500. The van der Waals surface area contributed by atoms with Crippen LogP contribution in [0.1, 0.15) is 49.1 Å². The van der Waals surface area contributed by atoms with E-state index in [1.165, 1.54) is 0 Å². The van der Waals surface area contributed by atoms with Gasteiger partial charge < -0.3 is 9.88 Å². The van der Waals surface area contributed by atoms with Crippen molar-refractivity contribution in [2.24, 2.45) is 0 Å². The second kappa shape index (κ2) is 5.49. The van der Waals surface area contributed by atoms with E-state index in [1.54, 1.807) is 6.07 Å². The Labute approximate surface area is 113 Å². The maximum Gasteiger partial charge on any atom is 0.268 e. The highest BCUT2D eigenvalue weighted by atomic mass is 35.5. The van der Waals surface area contributed by atoms with Crippen LogP contribution in [-0.2, 0) is 0 Å². The van der Waals surface area contributed by atoms with Crippen molar-refractivity contribution >= 4 is 17.5 Å². The zero-order valence-corrected chi connectivity index (χ0v) is 11.2. The number of carbonyl (C=O) groups excluding carboxylic acids is 1. The highest BCUT2D eigenvalue weighted by Gasteiger charge is 2.28. The van der Waals surface area contributed by atoms with Gasteiger partial charge in [0.1, 0.15) is 5.69 Å². The van der Waals surface area contributed by atoms with Crippen molar-refractivity contribution in [2.45, 2.75) is 44.7 Å². The maximum absolute atomic E-state index is 12.2. The van der Waals surface area contributed by atoms with Crippen molar-refractivity contribution in [1.29, 1.82) is 0 Å². The molecular formula is C14H17ClN2O. The zero-order valence-electron chi connectivity index (χ0n) is 10.4. The van der Waals surface area contributed by atoms with Crippen molar-refractivity contribution in [3.05, 3.63) is 23.0 Å². The summed E-state index contributed by atoms with van der Waals surface area (Å²) in [6.07, 6.45) is 11.2. The molecule has 1 aromatic rings. The third-order valence-corrected chi connectivity index (χ3v) is 3.28. The van der Waals surface area contributed by atoms with E-state index in [0.717, 1.165) is 25.7 Å². The van der Waals surface area contributed by atoms with Gasteiger partial charge in [0, 0.05) is 12.2 Å². The van der Waals surface area contributed by atoms with Crippen LogP contribution in [0, 0.1) is 12.3 Å². The minimum absolute atomic E-state index is 0.134. The molecule has 3 nitrogen and oxygen atoms in total. The second-order valence-corrected chi connectivity index (χ2v) is 5.10. The maximum atomic E-state index is 12.2. The van der Waals surface area contributed by atoms with Crippen LogP contribution < -0.4 is 5.32 Å². The molecule has 1 fully saturated rings. The Morgan fingerprint density at radius 3 is 3.00 bits per heavy atom. The van der Waals surface area contributed by atoms with Gasteiger partial charge in [0.15, 0.2) is 0 Å². The van der Waals surface area contributed by atoms with E-state index in [4.69, 9.17) is 18.0 Å². The Hall–Kier alpha value is -1.40. The van der Waals surface area contributed by atoms with Gasteiger partial charge in [-0.2, -0.15) is 0 Å². The van der Waals surface area contributed by atoms with Crippen LogP contribution in [-0.4, -0.2) is 16.5 Å². The number of nitrogens with zero attached hydrogens (tertiary/aromatic N) is 1. The molecule has 1 heterocycles. The number of aromatic nitrogens is 1. The Morgan fingerprint density at radius 2 is 2.44 bits per heavy atom. The normalized spacial score (nSPS) is 16.1. The average molecular weight is 265 g/mol. The predicted octanol–water partition coefficient (Wildman–Crippen LogP) is 3.01. The first-order valence-corrected chi connectivity index (χ1v) is 6.67. The molecule has 0 radical (unpaired) electrons. The Bertz CT molecular complexity index is 482. The number of amides is 1. The molecule has 1 N–H and O–H groups in total. The predicted molar refractivity (Wildman–Crippen MR) is 72.7 cm³/mol. The third kappa shape index (κ3) is 2.88. The Kier molecular flexibility index (Phi) is 3.98. The highest BCUT2D eigenvalue weighted by molar-refractivity contribution is 6.31. The Balaban J connectivity index is 2.11. The van der Waals surface area contributed by atoms with E-state index in [-0.39, 0.29) is 11.9 Å². The number of nitrogens with one attached hydrogen (secondary N) is 1. The van der Waals surface area contributed by atoms with E-state index >= 15 is 0 Å². The summed E-state index contributed by atoms with van der Waals surface area (Å²) in [7, 11) is 0. The smallest absolute Gasteiger partial charge is 0.268 e. The number of hydrogen-bond donors (Lipinski definition) is 1. The SMILES string of the molecule is C#CC(CCC)NC(=O)c1cc(Cl)cn1C1CC1. The quantitative estimate of drug-likeness (QED) is 0.815. The van der Waals surface area contributed by atoms with Gasteiger partial charge in [-0.05, 0) is 25.3 Å². The van der Waals surface area contributed by atoms with Gasteiger partial charge in [0.05, 0.1) is 11.1 Å². The lowest BCUT2D eigenvalue weighted by Crippen LogP contribution is -2.34. The van der Waals surface area contributed by atoms with Crippen molar-refractivity contribution in [2.75, 3.05) is 0 Å². The van der Waals surface area contributed by atoms with Crippen LogP contribution in [0.4, 0.5) is 0 Å². The molecule has 0 aromatic carbocycles. The van der Waals surface area contributed by atoms with Crippen LogP contribution in [0.25, 0.3) is 0 Å². The van der Waals surface area contributed by atoms with E-state index in [1.807, 2.05) is 17.7 Å². The van der Waals surface area contributed by atoms with Gasteiger partial charge in [0.25, 0.3) is 5.91 Å². The molecule has 0 bridgehead atoms. The first-order valence-electron chi connectivity index (χ1n) is 6.30. The van der Waals surface area contributed by atoms with Gasteiger partial charge in [-0.1, -0.05) is 30.9 Å². The van der Waals surface area contributed by atoms with Crippen LogP contribution >= 0.6 is 11.6 Å². The largest absolute Gasteiger partial charge is 0.339 e. The van der Waals surface area contributed by atoms with Crippen LogP contribution in [0.5, 0.6) is 0 Å². The third-order valence-electron chi connectivity index (χ3n) is 3.07. The van der Waals surface area contributed by atoms with Gasteiger partial charge in [-0.15, -0.1) is 6.42 Å². The molecule has 0 saturated heterocycles. The summed E-state index contributed by atoms with van der Waals surface area (Å²) in [5.74, 6) is 2.47. The molecule has 1 unspecified atom stereocenters. The summed E-state index contributed by atoms with van der Waals surface area (Å²) < 4.78 is 1.96. The molecule has 2 rings (SSSR count). The summed E-state index contributed by atoms with van der Waals surface area (Å²) in [6, 6.07) is 1.92. The van der Waals surface area contributed by atoms with Gasteiger partial charge in [0.2, 0.25) is 0 Å². The molecule has 1 aliphatic rings. The molecule has 0 spiro atoms. The number of carbonyl (C=O) groups is 1. The zero-order chi connectivity index (χ0) is 13.1. The second-order valence-electron chi connectivity index (χ2n) is 4.66. The highest BCUT2D eigenvalue weighted by Crippen LogP contribution is 2.37. The number of hydrogen-bond acceptors (Lipinski definition) is 1. The minimum atomic E-state index is -0.205. The Morgan fingerprint density at radius 1 is 1.72 bits per heavy atom. The van der Waals surface area contributed by atoms with Crippen molar-refractivity contribution in [3.63, 3.8) is 0 Å². The van der Waals surface area contributed by atoms with Crippen molar-refractivity contribution < 1.29 is 4.79 Å². The minimum Gasteiger partial charge on any atom is -0.339 e. The lowest BCUT2D eigenvalue weighted by atomic mass is 10.2. The molecular weight excluding hydrogens is 248 g/mol. The van der Waals surface area contributed by atoms with Gasteiger partial charge in [-0.25, -0.2) is 0 Å². The summed E-state index contributed by atoms with van der Waals surface area (Å²) in [5.41, 5.74) is 0.610. The van der Waals surface area contributed by atoms with Crippen molar-refractivity contribution in [3.8, 4) is 12.3 Å². The van der Waals surface area contributed by atoms with Crippen molar-refractivity contribution in [1.82, 2.24) is 9.88 Å². The summed E-state index contributed by atoms with van der Waals surface area (Å²) >= 11 is 5.97. The number of rotatable bonds is 5. The number of halogens is 1. The van der Waals surface area contributed by atoms with E-state index in [9.17, 15) is 4.79 Å². The van der Waals surface area contributed by atoms with E-state index < -0.39 is 0 Å². The molecule has 1 aromatic heterocycles. The summed E-state index contributed by atoms with van der Waals surface area (Å²) in [5, 5.41) is 3.46. The molecule has 0 aliphatic heterocycles. The average Bonchev–Trinajstić information content (AvgIpc) is 3.11. The monoisotopic (exact) mass is 264 g/mol. The molecule has 1 atom stereocenters. The standard InChI is InChI=1S/C14H17ClN2O/c1-3-5-11(4-2)16-14(18)13-8-10(15)9-17(13)12-6-7-12/h2,8-9,11-12H,3,5-7H2,1H3,(H,16,18). The van der Waals surface area contributed by atoms with Crippen LogP contribution in [0.2, 0.25) is 5.02 Å². The van der Waals surface area contributed by atoms with Gasteiger partial charge >= 0.3 is 0 Å². The van der Waals surface area contributed by atoms with E-state index in [0.29, 0.717) is 16.8 Å². The topological polar surface area (TPSA) is 34.0 Å². The first-order chi connectivity index (χ1) is 8.65. The number of terminal acetylenes is 1. The van der Waals surface area contributed by atoms with Crippen LogP contribution in [0.3, 0.4) is 0 Å². The van der Waals surface area contributed by atoms with Gasteiger partial charge in [-0.3, -0.25) is 4.79 Å². The lowest BCUT2D eigenvalue weighted by molar-refractivity contribution is 0.0934. The molecule has 1 amide bonds. The first kappa shape index (κ1) is 13.0. The molecule has 4 heteroatoms.